The summed E-state index contributed by atoms with van der Waals surface area (Å²) in [5.74, 6) is 0. The lowest BCUT2D eigenvalue weighted by Gasteiger charge is -2.45. The molecule has 0 radical (unpaired) electrons. The number of nitrogens with zero attached hydrogens (tertiary/aromatic N) is 1. The molecule has 1 fully saturated rings. The fourth-order valence-corrected chi connectivity index (χ4v) is 6.89. The SMILES string of the molecule is CN1C(c2ccccc2)NC(c2cccc(-c3ccc(C4C=Cc5ccccc5N4)cc3)c2)NC1c1ccc(-c2ccccc2)cc1. The first-order chi connectivity index (χ1) is 23.2. The second-order valence-corrected chi connectivity index (χ2v) is 12.5. The Morgan fingerprint density at radius 3 is 1.72 bits per heavy atom. The van der Waals surface area contributed by atoms with Crippen molar-refractivity contribution in [3.63, 3.8) is 0 Å². The molecule has 0 spiro atoms. The molecule has 1 saturated heterocycles. The molecule has 0 amide bonds. The summed E-state index contributed by atoms with van der Waals surface area (Å²) in [6.45, 7) is 0. The minimum absolute atomic E-state index is 0.0143. The maximum atomic E-state index is 3.93. The predicted molar refractivity (Wildman–Crippen MR) is 194 cm³/mol. The van der Waals surface area contributed by atoms with Gasteiger partial charge in [-0.3, -0.25) is 15.5 Å². The summed E-state index contributed by atoms with van der Waals surface area (Å²) < 4.78 is 0. The first-order valence-electron chi connectivity index (χ1n) is 16.4. The zero-order valence-electron chi connectivity index (χ0n) is 26.4. The van der Waals surface area contributed by atoms with Crippen molar-refractivity contribution in [3.8, 4) is 22.3 Å². The van der Waals surface area contributed by atoms with Crippen LogP contribution in [0.3, 0.4) is 0 Å². The number of fused-ring (bicyclic) bond motifs is 1. The second-order valence-electron chi connectivity index (χ2n) is 12.5. The third-order valence-electron chi connectivity index (χ3n) is 9.48. The quantitative estimate of drug-likeness (QED) is 0.176. The summed E-state index contributed by atoms with van der Waals surface area (Å²) in [4.78, 5) is 2.39. The van der Waals surface area contributed by atoms with Crippen LogP contribution in [0.2, 0.25) is 0 Å². The van der Waals surface area contributed by atoms with E-state index in [4.69, 9.17) is 0 Å². The average molecular weight is 611 g/mol. The number of para-hydroxylation sites is 1. The third kappa shape index (κ3) is 6.02. The van der Waals surface area contributed by atoms with Gasteiger partial charge in [-0.05, 0) is 69.3 Å². The Labute approximate surface area is 277 Å². The molecule has 2 aliphatic rings. The van der Waals surface area contributed by atoms with E-state index in [1.165, 1.54) is 55.8 Å². The minimum Gasteiger partial charge on any atom is -0.374 e. The topological polar surface area (TPSA) is 39.3 Å². The van der Waals surface area contributed by atoms with E-state index >= 15 is 0 Å². The monoisotopic (exact) mass is 610 g/mol. The highest BCUT2D eigenvalue weighted by atomic mass is 15.4. The molecule has 0 aliphatic carbocycles. The molecule has 2 aliphatic heterocycles. The lowest BCUT2D eigenvalue weighted by Crippen LogP contribution is -2.54. The van der Waals surface area contributed by atoms with Gasteiger partial charge in [0.15, 0.2) is 0 Å². The number of anilines is 1. The number of nitrogens with one attached hydrogen (secondary N) is 3. The Bertz CT molecular complexity index is 1980. The van der Waals surface area contributed by atoms with Crippen molar-refractivity contribution in [1.29, 1.82) is 0 Å². The van der Waals surface area contributed by atoms with Gasteiger partial charge in [0.1, 0.15) is 0 Å². The molecule has 2 heterocycles. The Kier molecular flexibility index (Phi) is 7.98. The summed E-state index contributed by atoms with van der Waals surface area (Å²) >= 11 is 0. The largest absolute Gasteiger partial charge is 0.374 e. The zero-order valence-corrected chi connectivity index (χ0v) is 26.4. The number of hydrogen-bond donors (Lipinski definition) is 3. The minimum atomic E-state index is -0.0499. The van der Waals surface area contributed by atoms with Crippen LogP contribution in [0.1, 0.15) is 52.4 Å². The lowest BCUT2D eigenvalue weighted by molar-refractivity contribution is 0.0416. The normalized spacial score (nSPS) is 20.7. The maximum Gasteiger partial charge on any atom is 0.0887 e. The van der Waals surface area contributed by atoms with Gasteiger partial charge in [0.05, 0.1) is 24.5 Å². The first-order valence-corrected chi connectivity index (χ1v) is 16.4. The molecular formula is C43H38N4. The predicted octanol–water partition coefficient (Wildman–Crippen LogP) is 9.72. The van der Waals surface area contributed by atoms with Gasteiger partial charge in [0.2, 0.25) is 0 Å². The van der Waals surface area contributed by atoms with E-state index in [2.05, 4.69) is 198 Å². The summed E-state index contributed by atoms with van der Waals surface area (Å²) in [7, 11) is 2.19. The molecule has 3 N–H and O–H groups in total. The molecule has 4 heteroatoms. The Hall–Kier alpha value is -5.26. The van der Waals surface area contributed by atoms with Crippen molar-refractivity contribution in [2.24, 2.45) is 0 Å². The van der Waals surface area contributed by atoms with Gasteiger partial charge < -0.3 is 5.32 Å². The Morgan fingerprint density at radius 1 is 0.468 bits per heavy atom. The fraction of sp³-hybridized carbons (Fsp3) is 0.116. The fourth-order valence-electron chi connectivity index (χ4n) is 6.89. The van der Waals surface area contributed by atoms with E-state index in [1.54, 1.807) is 0 Å². The van der Waals surface area contributed by atoms with Crippen LogP contribution in [0.15, 0.2) is 164 Å². The van der Waals surface area contributed by atoms with E-state index in [1.807, 2.05) is 0 Å². The van der Waals surface area contributed by atoms with Crippen molar-refractivity contribution in [1.82, 2.24) is 15.5 Å². The van der Waals surface area contributed by atoms with E-state index in [0.717, 1.165) is 0 Å². The standard InChI is InChI=1S/C43H38N4/c1-47-42(35-14-6-3-7-15-35)45-41(46-43(47)36-25-21-31(22-26-36)30-11-4-2-5-12-30)38-17-10-16-37(29-38)32-19-23-34(24-20-32)40-28-27-33-13-8-9-18-39(33)44-40/h2-29,40-46H,1H3. The molecule has 47 heavy (non-hydrogen) atoms. The molecule has 0 aromatic heterocycles. The Morgan fingerprint density at radius 2 is 1.00 bits per heavy atom. The van der Waals surface area contributed by atoms with Gasteiger partial charge >= 0.3 is 0 Å². The van der Waals surface area contributed by atoms with Gasteiger partial charge in [0, 0.05) is 5.69 Å². The highest BCUT2D eigenvalue weighted by Crippen LogP contribution is 2.36. The van der Waals surface area contributed by atoms with Gasteiger partial charge in [-0.2, -0.15) is 0 Å². The highest BCUT2D eigenvalue weighted by Gasteiger charge is 2.34. The first kappa shape index (κ1) is 29.2. The van der Waals surface area contributed by atoms with Crippen molar-refractivity contribution < 1.29 is 0 Å². The molecule has 0 saturated carbocycles. The highest BCUT2D eigenvalue weighted by molar-refractivity contribution is 5.72. The van der Waals surface area contributed by atoms with E-state index < -0.39 is 0 Å². The molecule has 4 unspecified atom stereocenters. The lowest BCUT2D eigenvalue weighted by atomic mass is 9.96. The van der Waals surface area contributed by atoms with Crippen molar-refractivity contribution >= 4 is 11.8 Å². The van der Waals surface area contributed by atoms with Crippen molar-refractivity contribution in [3.05, 3.63) is 192 Å². The number of benzene rings is 6. The van der Waals surface area contributed by atoms with E-state index in [9.17, 15) is 0 Å². The molecular weight excluding hydrogens is 573 g/mol. The van der Waals surface area contributed by atoms with Crippen LogP contribution in [-0.4, -0.2) is 11.9 Å². The van der Waals surface area contributed by atoms with E-state index in [-0.39, 0.29) is 24.5 Å². The molecule has 4 nitrogen and oxygen atoms in total. The third-order valence-corrected chi connectivity index (χ3v) is 9.48. The molecule has 6 aromatic carbocycles. The molecule has 4 atom stereocenters. The van der Waals surface area contributed by atoms with Crippen LogP contribution in [0.4, 0.5) is 5.69 Å². The smallest absolute Gasteiger partial charge is 0.0887 e. The van der Waals surface area contributed by atoms with Crippen LogP contribution < -0.4 is 16.0 Å². The molecule has 8 rings (SSSR count). The molecule has 6 aromatic rings. The molecule has 0 bridgehead atoms. The summed E-state index contributed by atoms with van der Waals surface area (Å²) in [6, 6.07) is 56.8. The summed E-state index contributed by atoms with van der Waals surface area (Å²) in [6.07, 6.45) is 4.45. The maximum absolute atomic E-state index is 3.93. The van der Waals surface area contributed by atoms with Crippen LogP contribution in [0, 0.1) is 0 Å². The summed E-state index contributed by atoms with van der Waals surface area (Å²) in [5.41, 5.74) is 12.2. The van der Waals surface area contributed by atoms with Crippen LogP contribution >= 0.6 is 0 Å². The van der Waals surface area contributed by atoms with Gasteiger partial charge in [-0.25, -0.2) is 0 Å². The molecule has 230 valence electrons. The van der Waals surface area contributed by atoms with Gasteiger partial charge in [-0.1, -0.05) is 158 Å². The van der Waals surface area contributed by atoms with E-state index in [0.29, 0.717) is 0 Å². The number of hydrogen-bond acceptors (Lipinski definition) is 4. The van der Waals surface area contributed by atoms with Crippen LogP contribution in [0.5, 0.6) is 0 Å². The summed E-state index contributed by atoms with van der Waals surface area (Å²) in [5, 5.41) is 11.5. The second kappa shape index (κ2) is 12.9. The zero-order chi connectivity index (χ0) is 31.6. The Balaban J connectivity index is 1.06. The van der Waals surface area contributed by atoms with Gasteiger partial charge in [0.25, 0.3) is 0 Å². The average Bonchev–Trinajstić information content (AvgIpc) is 3.16. The van der Waals surface area contributed by atoms with Crippen molar-refractivity contribution in [2.75, 3.05) is 12.4 Å². The van der Waals surface area contributed by atoms with Crippen molar-refractivity contribution in [2.45, 2.75) is 24.5 Å². The number of rotatable bonds is 6. The van der Waals surface area contributed by atoms with Crippen LogP contribution in [-0.2, 0) is 0 Å². The van der Waals surface area contributed by atoms with Gasteiger partial charge in [-0.15, -0.1) is 0 Å². The van der Waals surface area contributed by atoms with Crippen LogP contribution in [0.25, 0.3) is 28.3 Å².